The third-order valence-corrected chi connectivity index (χ3v) is 4.46. The summed E-state index contributed by atoms with van der Waals surface area (Å²) >= 11 is 11.5. The lowest BCUT2D eigenvalue weighted by atomic mass is 10.2. The summed E-state index contributed by atoms with van der Waals surface area (Å²) in [4.78, 5) is 13.5. The molecule has 1 aromatic carbocycles. The number of aromatic nitrogens is 1. The molecule has 140 valence electrons. The van der Waals surface area contributed by atoms with E-state index >= 15 is 0 Å². The summed E-state index contributed by atoms with van der Waals surface area (Å²) < 4.78 is 66.6. The molecule has 7 nitrogen and oxygen atoms in total. The highest BCUT2D eigenvalue weighted by molar-refractivity contribution is 7.90. The Morgan fingerprint density at radius 3 is 2.15 bits per heavy atom. The van der Waals surface area contributed by atoms with Gasteiger partial charge in [0.05, 0.1) is 20.5 Å². The number of halogens is 5. The highest BCUT2D eigenvalue weighted by Gasteiger charge is 2.32. The van der Waals surface area contributed by atoms with E-state index in [9.17, 15) is 31.7 Å². The first-order chi connectivity index (χ1) is 11.8. The average Bonchev–Trinajstić information content (AvgIpc) is 2.48. The molecule has 0 saturated carbocycles. The van der Waals surface area contributed by atoms with Crippen LogP contribution < -0.4 is 4.74 Å². The Hall–Kier alpha value is -2.11. The molecule has 0 aliphatic carbocycles. The smallest absolute Gasteiger partial charge is 0.416 e. The minimum absolute atomic E-state index is 0.415. The molecule has 1 heterocycles. The van der Waals surface area contributed by atoms with Crippen LogP contribution in [0.25, 0.3) is 0 Å². The van der Waals surface area contributed by atoms with Gasteiger partial charge >= 0.3 is 11.9 Å². The second-order valence-electron chi connectivity index (χ2n) is 4.87. The van der Waals surface area contributed by atoms with E-state index in [2.05, 4.69) is 4.98 Å². The van der Waals surface area contributed by atoms with Crippen LogP contribution in [-0.2, 0) is 16.0 Å². The fraction of sp³-hybridized carbons (Fsp3) is 0.154. The van der Waals surface area contributed by atoms with Gasteiger partial charge in [0.15, 0.2) is 15.6 Å². The van der Waals surface area contributed by atoms with Crippen LogP contribution in [0.3, 0.4) is 0 Å². The van der Waals surface area contributed by atoms with Crippen LogP contribution in [0.15, 0.2) is 29.3 Å². The number of sulfone groups is 1. The maximum absolute atomic E-state index is 12.7. The number of rotatable bonds is 4. The van der Waals surface area contributed by atoms with E-state index in [0.29, 0.717) is 18.4 Å². The zero-order valence-electron chi connectivity index (χ0n) is 12.5. The first kappa shape index (κ1) is 20.2. The Bertz CT molecular complexity index is 973. The monoisotopic (exact) mass is 430 g/mol. The fourth-order valence-electron chi connectivity index (χ4n) is 1.81. The molecule has 0 atom stereocenters. The first-order valence-electron chi connectivity index (χ1n) is 6.40. The van der Waals surface area contributed by atoms with Crippen LogP contribution >= 0.6 is 23.2 Å². The minimum Gasteiger partial charge on any atom is -0.436 e. The lowest BCUT2D eigenvalue weighted by molar-refractivity contribution is -0.388. The van der Waals surface area contributed by atoms with E-state index in [4.69, 9.17) is 27.9 Å². The quantitative estimate of drug-likeness (QED) is 0.522. The number of hydrogen-bond acceptors (Lipinski definition) is 6. The summed E-state index contributed by atoms with van der Waals surface area (Å²) in [6.07, 6.45) is -3.99. The molecule has 0 radical (unpaired) electrons. The van der Waals surface area contributed by atoms with Crippen LogP contribution in [0.2, 0.25) is 10.0 Å². The zero-order valence-corrected chi connectivity index (χ0v) is 14.9. The topological polar surface area (TPSA) is 99.4 Å². The molecule has 0 bridgehead atoms. The first-order valence-corrected chi connectivity index (χ1v) is 9.05. The number of pyridine rings is 1. The number of hydrogen-bond donors (Lipinski definition) is 0. The van der Waals surface area contributed by atoms with Crippen molar-refractivity contribution < 1.29 is 31.2 Å². The standard InChI is InChI=1S/C13H7Cl2F3N2O5S/c1-26(23,24)12-9(20(21)22)2-3-10(19-12)25-11-7(14)4-6(5-8(11)15)13(16,17)18/h2-5H,1H3. The Morgan fingerprint density at radius 2 is 1.73 bits per heavy atom. The maximum atomic E-state index is 12.7. The lowest BCUT2D eigenvalue weighted by Gasteiger charge is -2.13. The Morgan fingerprint density at radius 1 is 1.19 bits per heavy atom. The summed E-state index contributed by atoms with van der Waals surface area (Å²) in [6.45, 7) is 0. The highest BCUT2D eigenvalue weighted by Crippen LogP contribution is 2.41. The van der Waals surface area contributed by atoms with Gasteiger partial charge in [0.2, 0.25) is 10.9 Å². The predicted molar refractivity (Wildman–Crippen MR) is 85.5 cm³/mol. The van der Waals surface area contributed by atoms with Gasteiger partial charge in [-0.2, -0.15) is 18.2 Å². The molecule has 0 amide bonds. The summed E-state index contributed by atoms with van der Waals surface area (Å²) in [6, 6.07) is 2.90. The van der Waals surface area contributed by atoms with Crippen molar-refractivity contribution in [3.63, 3.8) is 0 Å². The molecule has 0 spiro atoms. The van der Waals surface area contributed by atoms with Crippen molar-refractivity contribution in [1.29, 1.82) is 0 Å². The largest absolute Gasteiger partial charge is 0.436 e. The van der Waals surface area contributed by atoms with Gasteiger partial charge in [-0.05, 0) is 12.1 Å². The second kappa shape index (κ2) is 6.89. The Kier molecular flexibility index (Phi) is 5.36. The molecule has 0 aliphatic heterocycles. The Labute approximate surface area is 154 Å². The molecule has 0 unspecified atom stereocenters. The van der Waals surface area contributed by atoms with Gasteiger partial charge in [0, 0.05) is 18.4 Å². The maximum Gasteiger partial charge on any atom is 0.416 e. The third-order valence-electron chi connectivity index (χ3n) is 2.89. The number of nitro groups is 1. The average molecular weight is 431 g/mol. The van der Waals surface area contributed by atoms with Gasteiger partial charge in [0.1, 0.15) is 0 Å². The molecule has 2 aromatic rings. The SMILES string of the molecule is CS(=O)(=O)c1nc(Oc2c(Cl)cc(C(F)(F)F)cc2Cl)ccc1[N+](=O)[O-]. The van der Waals surface area contributed by atoms with E-state index in [1.54, 1.807) is 0 Å². The Balaban J connectivity index is 2.52. The van der Waals surface area contributed by atoms with E-state index < -0.39 is 58.9 Å². The van der Waals surface area contributed by atoms with Gasteiger partial charge in [0.25, 0.3) is 0 Å². The zero-order chi connectivity index (χ0) is 19.9. The second-order valence-corrected chi connectivity index (χ2v) is 7.62. The molecular formula is C13H7Cl2F3N2O5S. The molecule has 26 heavy (non-hydrogen) atoms. The van der Waals surface area contributed by atoms with E-state index in [1.165, 1.54) is 0 Å². The number of ether oxygens (including phenoxy) is 1. The van der Waals surface area contributed by atoms with Crippen LogP contribution in [0.1, 0.15) is 5.56 Å². The van der Waals surface area contributed by atoms with Crippen molar-refractivity contribution >= 4 is 38.7 Å². The van der Waals surface area contributed by atoms with Crippen molar-refractivity contribution in [2.75, 3.05) is 6.26 Å². The third kappa shape index (κ3) is 4.34. The van der Waals surface area contributed by atoms with Crippen LogP contribution in [0, 0.1) is 10.1 Å². The van der Waals surface area contributed by atoms with Gasteiger partial charge < -0.3 is 4.74 Å². The summed E-state index contributed by atoms with van der Waals surface area (Å²) in [5.74, 6) is -0.873. The van der Waals surface area contributed by atoms with Gasteiger partial charge in [-0.3, -0.25) is 10.1 Å². The molecule has 1 aromatic heterocycles. The molecule has 2 rings (SSSR count). The van der Waals surface area contributed by atoms with Crippen molar-refractivity contribution in [2.45, 2.75) is 11.2 Å². The van der Waals surface area contributed by atoms with Crippen molar-refractivity contribution in [2.24, 2.45) is 0 Å². The van der Waals surface area contributed by atoms with Crippen LogP contribution in [-0.4, -0.2) is 24.6 Å². The number of benzene rings is 1. The molecule has 13 heteroatoms. The van der Waals surface area contributed by atoms with Crippen LogP contribution in [0.5, 0.6) is 11.6 Å². The summed E-state index contributed by atoms with van der Waals surface area (Å²) in [5, 5.41) is 9.00. The van der Waals surface area contributed by atoms with Gasteiger partial charge in [-0.25, -0.2) is 8.42 Å². The molecule has 0 fully saturated rings. The van der Waals surface area contributed by atoms with Crippen LogP contribution in [0.4, 0.5) is 18.9 Å². The van der Waals surface area contributed by atoms with Crippen molar-refractivity contribution in [3.8, 4) is 11.6 Å². The molecular weight excluding hydrogens is 424 g/mol. The van der Waals surface area contributed by atoms with Crippen molar-refractivity contribution in [3.05, 3.63) is 50.0 Å². The number of nitrogens with zero attached hydrogens (tertiary/aromatic N) is 2. The van der Waals surface area contributed by atoms with Gasteiger partial charge in [-0.1, -0.05) is 23.2 Å². The number of alkyl halides is 3. The van der Waals surface area contributed by atoms with E-state index in [1.807, 2.05) is 0 Å². The van der Waals surface area contributed by atoms with E-state index in [0.717, 1.165) is 12.1 Å². The van der Waals surface area contributed by atoms with Gasteiger partial charge in [-0.15, -0.1) is 0 Å². The van der Waals surface area contributed by atoms with Crippen molar-refractivity contribution in [1.82, 2.24) is 4.98 Å². The molecule has 0 N–H and O–H groups in total. The minimum atomic E-state index is -4.69. The van der Waals surface area contributed by atoms with E-state index in [-0.39, 0.29) is 0 Å². The predicted octanol–water partition coefficient (Wildman–Crippen LogP) is 4.51. The normalized spacial score (nSPS) is 12.1. The fourth-order valence-corrected chi connectivity index (χ4v) is 3.15. The highest BCUT2D eigenvalue weighted by atomic mass is 35.5. The summed E-state index contributed by atoms with van der Waals surface area (Å²) in [7, 11) is -4.09. The summed E-state index contributed by atoms with van der Waals surface area (Å²) in [5.41, 5.74) is -1.90. The lowest BCUT2D eigenvalue weighted by Crippen LogP contribution is -2.07. The molecule has 0 saturated heterocycles. The molecule has 0 aliphatic rings.